The molecule has 0 heterocycles. The maximum absolute atomic E-state index is 10.7. The van der Waals surface area contributed by atoms with Gasteiger partial charge in [-0.05, 0) is 0 Å². The van der Waals surface area contributed by atoms with Gasteiger partial charge in [-0.3, -0.25) is 4.79 Å². The minimum Gasteiger partial charge on any atom is -0.481 e. The van der Waals surface area contributed by atoms with Gasteiger partial charge in [0.05, 0.1) is 6.42 Å². The Morgan fingerprint density at radius 3 is 2.50 bits per heavy atom. The average Bonchev–Trinajstić information content (AvgIpc) is 1.98. The van der Waals surface area contributed by atoms with Crippen LogP contribution in [0.2, 0.25) is 0 Å². The summed E-state index contributed by atoms with van der Waals surface area (Å²) in [5, 5.41) is 17.0. The van der Waals surface area contributed by atoms with Crippen LogP contribution in [0.25, 0.3) is 0 Å². The number of aliphatic hydroxyl groups is 1. The van der Waals surface area contributed by atoms with Crippen molar-refractivity contribution in [2.24, 2.45) is 0 Å². The molecule has 0 saturated carbocycles. The Morgan fingerprint density at radius 1 is 1.50 bits per heavy atom. The number of aliphatic hydroxyl groups excluding tert-OH is 1. The zero-order valence-electron chi connectivity index (χ0n) is 6.27. The third-order valence-corrected chi connectivity index (χ3v) is 1.16. The molecule has 70 valence electrons. The lowest BCUT2D eigenvalue weighted by Gasteiger charge is -2.06. The second-order valence-corrected chi connectivity index (χ2v) is 2.45. The van der Waals surface area contributed by atoms with E-state index in [-0.39, 0.29) is 6.61 Å². The van der Waals surface area contributed by atoms with Crippen LogP contribution < -0.4 is 0 Å². The number of carboxylic acid groups (broad SMARTS) is 1. The Labute approximate surface area is 74.7 Å². The number of carboxylic acids is 1. The molecular weight excluding hydrogens is 184 g/mol. The summed E-state index contributed by atoms with van der Waals surface area (Å²) >= 11 is 3.76. The maximum Gasteiger partial charge on any atom is 0.335 e. The van der Waals surface area contributed by atoms with Crippen molar-refractivity contribution in [2.45, 2.75) is 12.5 Å². The number of aliphatic carboxylic acids is 1. The highest BCUT2D eigenvalue weighted by Crippen LogP contribution is 1.95. The molecule has 0 bridgehead atoms. The van der Waals surface area contributed by atoms with E-state index in [0.29, 0.717) is 5.75 Å². The van der Waals surface area contributed by atoms with Gasteiger partial charge in [0, 0.05) is 5.75 Å². The third kappa shape index (κ3) is 4.97. The Kier molecular flexibility index (Phi) is 5.48. The first-order chi connectivity index (χ1) is 5.57. The van der Waals surface area contributed by atoms with Gasteiger partial charge >= 0.3 is 11.9 Å². The number of thiol groups is 1. The van der Waals surface area contributed by atoms with Crippen LogP contribution in [0.1, 0.15) is 6.42 Å². The zero-order chi connectivity index (χ0) is 9.56. The summed E-state index contributed by atoms with van der Waals surface area (Å²) in [6.07, 6.45) is -2.21. The molecule has 5 nitrogen and oxygen atoms in total. The van der Waals surface area contributed by atoms with Crippen LogP contribution in [0.4, 0.5) is 0 Å². The lowest BCUT2D eigenvalue weighted by atomic mass is 10.2. The molecule has 0 saturated heterocycles. The molecule has 1 unspecified atom stereocenters. The Hall–Kier alpha value is -0.750. The van der Waals surface area contributed by atoms with E-state index < -0.39 is 24.5 Å². The van der Waals surface area contributed by atoms with Gasteiger partial charge in [-0.15, -0.1) is 0 Å². The van der Waals surface area contributed by atoms with E-state index >= 15 is 0 Å². The largest absolute Gasteiger partial charge is 0.481 e. The average molecular weight is 194 g/mol. The molecule has 12 heavy (non-hydrogen) atoms. The molecule has 1 atom stereocenters. The number of hydrogen-bond acceptors (Lipinski definition) is 5. The highest BCUT2D eigenvalue weighted by molar-refractivity contribution is 7.80. The van der Waals surface area contributed by atoms with E-state index in [1.54, 1.807) is 0 Å². The number of ether oxygens (including phenoxy) is 1. The molecule has 0 rings (SSSR count). The molecule has 0 aromatic carbocycles. The lowest BCUT2D eigenvalue weighted by molar-refractivity contribution is -0.157. The minimum atomic E-state index is -1.58. The number of esters is 1. The predicted octanol–water partition coefficient (Wildman–Crippen LogP) is -0.705. The normalized spacial score (nSPS) is 12.2. The van der Waals surface area contributed by atoms with Gasteiger partial charge in [0.1, 0.15) is 6.61 Å². The van der Waals surface area contributed by atoms with Crippen molar-refractivity contribution in [1.82, 2.24) is 0 Å². The fourth-order valence-electron chi connectivity index (χ4n) is 0.491. The van der Waals surface area contributed by atoms with Crippen molar-refractivity contribution in [3.63, 3.8) is 0 Å². The van der Waals surface area contributed by atoms with Gasteiger partial charge in [-0.25, -0.2) is 4.79 Å². The second-order valence-electron chi connectivity index (χ2n) is 2.00. The van der Waals surface area contributed by atoms with Crippen LogP contribution >= 0.6 is 12.6 Å². The van der Waals surface area contributed by atoms with Gasteiger partial charge in [0.25, 0.3) is 0 Å². The Bertz CT molecular complexity index is 169. The molecule has 2 N–H and O–H groups in total. The monoisotopic (exact) mass is 194 g/mol. The number of rotatable bonds is 5. The Balaban J connectivity index is 3.69. The summed E-state index contributed by atoms with van der Waals surface area (Å²) in [5.74, 6) is -1.83. The highest BCUT2D eigenvalue weighted by atomic mass is 32.1. The van der Waals surface area contributed by atoms with Crippen molar-refractivity contribution < 1.29 is 24.5 Å². The van der Waals surface area contributed by atoms with Gasteiger partial charge in [0.15, 0.2) is 6.10 Å². The van der Waals surface area contributed by atoms with Crippen LogP contribution in [0.3, 0.4) is 0 Å². The molecule has 0 aliphatic heterocycles. The van der Waals surface area contributed by atoms with Crippen molar-refractivity contribution >= 4 is 24.6 Å². The molecule has 6 heteroatoms. The van der Waals surface area contributed by atoms with Gasteiger partial charge in [-0.1, -0.05) is 0 Å². The SMILES string of the molecule is O=C(O)CC(O)C(=O)OCCS. The molecule has 0 aromatic rings. The molecule has 0 spiro atoms. The fraction of sp³-hybridized carbons (Fsp3) is 0.667. The summed E-state index contributed by atoms with van der Waals surface area (Å²) in [7, 11) is 0. The van der Waals surface area contributed by atoms with E-state index in [1.165, 1.54) is 0 Å². The van der Waals surface area contributed by atoms with Gasteiger partial charge < -0.3 is 14.9 Å². The quantitative estimate of drug-likeness (QED) is 0.398. The molecular formula is C6H10O5S. The summed E-state index contributed by atoms with van der Waals surface area (Å²) < 4.78 is 4.43. The first kappa shape index (κ1) is 11.2. The van der Waals surface area contributed by atoms with E-state index in [2.05, 4.69) is 17.4 Å². The lowest BCUT2D eigenvalue weighted by Crippen LogP contribution is -2.26. The second kappa shape index (κ2) is 5.84. The standard InChI is InChI=1S/C6H10O5S/c7-4(3-5(8)9)6(10)11-1-2-12/h4,7,12H,1-3H2,(H,8,9). The summed E-state index contributed by atoms with van der Waals surface area (Å²) in [4.78, 5) is 20.7. The predicted molar refractivity (Wildman–Crippen MR) is 43.1 cm³/mol. The Morgan fingerprint density at radius 2 is 2.08 bits per heavy atom. The molecule has 0 radical (unpaired) electrons. The van der Waals surface area contributed by atoms with E-state index in [4.69, 9.17) is 10.2 Å². The van der Waals surface area contributed by atoms with E-state index in [1.807, 2.05) is 0 Å². The topological polar surface area (TPSA) is 83.8 Å². The van der Waals surface area contributed by atoms with Crippen LogP contribution in [0, 0.1) is 0 Å². The van der Waals surface area contributed by atoms with E-state index in [0.717, 1.165) is 0 Å². The summed E-state index contributed by atoms with van der Waals surface area (Å²) in [5.41, 5.74) is 0. The maximum atomic E-state index is 10.7. The number of hydrogen-bond donors (Lipinski definition) is 3. The van der Waals surface area contributed by atoms with Crippen molar-refractivity contribution in [1.29, 1.82) is 0 Å². The fourth-order valence-corrected chi connectivity index (χ4v) is 0.582. The smallest absolute Gasteiger partial charge is 0.335 e. The van der Waals surface area contributed by atoms with Gasteiger partial charge in [0.2, 0.25) is 0 Å². The minimum absolute atomic E-state index is 0.0681. The van der Waals surface area contributed by atoms with Crippen molar-refractivity contribution in [2.75, 3.05) is 12.4 Å². The molecule has 0 aliphatic carbocycles. The van der Waals surface area contributed by atoms with Crippen LogP contribution in [-0.2, 0) is 14.3 Å². The first-order valence-electron chi connectivity index (χ1n) is 3.25. The third-order valence-electron chi connectivity index (χ3n) is 0.976. The number of carbonyl (C=O) groups is 2. The summed E-state index contributed by atoms with van der Waals surface area (Å²) in [6, 6.07) is 0. The molecule has 0 aliphatic rings. The van der Waals surface area contributed by atoms with Gasteiger partial charge in [-0.2, -0.15) is 12.6 Å². The van der Waals surface area contributed by atoms with Crippen LogP contribution in [-0.4, -0.2) is 40.6 Å². The molecule has 0 amide bonds. The molecule has 0 fully saturated rings. The van der Waals surface area contributed by atoms with E-state index in [9.17, 15) is 9.59 Å². The van der Waals surface area contributed by atoms with Crippen LogP contribution in [0.5, 0.6) is 0 Å². The number of carbonyl (C=O) groups excluding carboxylic acids is 1. The summed E-state index contributed by atoms with van der Waals surface area (Å²) in [6.45, 7) is 0.0681. The van der Waals surface area contributed by atoms with Crippen molar-refractivity contribution in [3.05, 3.63) is 0 Å². The van der Waals surface area contributed by atoms with Crippen molar-refractivity contribution in [3.8, 4) is 0 Å². The zero-order valence-corrected chi connectivity index (χ0v) is 7.16. The molecule has 0 aromatic heterocycles. The van der Waals surface area contributed by atoms with Crippen LogP contribution in [0.15, 0.2) is 0 Å². The highest BCUT2D eigenvalue weighted by Gasteiger charge is 2.19. The first-order valence-corrected chi connectivity index (χ1v) is 3.88.